The molecule has 1 heterocycles. The standard InChI is InChI=1S/C12H16ClNO/c1-3-15-12-7-11(8-14-9-12)10(2)5-4-6-13/h5,7-9H,3-4,6H2,1-2H3/b10-5+. The Bertz CT molecular complexity index is 336. The Hall–Kier alpha value is -1.02. The topological polar surface area (TPSA) is 22.1 Å². The second kappa shape index (κ2) is 6.46. The Kier molecular flexibility index (Phi) is 5.19. The number of allylic oxidation sites excluding steroid dienone is 2. The average Bonchev–Trinajstić information content (AvgIpc) is 2.27. The molecule has 0 radical (unpaired) electrons. The molecule has 82 valence electrons. The summed E-state index contributed by atoms with van der Waals surface area (Å²) in [5.74, 6) is 1.46. The maximum absolute atomic E-state index is 5.63. The SMILES string of the molecule is CCOc1cncc(/C(C)=C/CCCl)c1. The molecule has 0 atom stereocenters. The first-order chi connectivity index (χ1) is 7.27. The van der Waals surface area contributed by atoms with Crippen molar-refractivity contribution in [2.24, 2.45) is 0 Å². The molecule has 2 nitrogen and oxygen atoms in total. The predicted octanol–water partition coefficient (Wildman–Crippen LogP) is 3.51. The number of nitrogens with zero attached hydrogens (tertiary/aromatic N) is 1. The lowest BCUT2D eigenvalue weighted by Gasteiger charge is -2.05. The predicted molar refractivity (Wildman–Crippen MR) is 64.4 cm³/mol. The van der Waals surface area contributed by atoms with E-state index in [-0.39, 0.29) is 0 Å². The Morgan fingerprint density at radius 1 is 1.53 bits per heavy atom. The molecule has 1 rings (SSSR count). The summed E-state index contributed by atoms with van der Waals surface area (Å²) in [7, 11) is 0. The molecule has 0 aliphatic carbocycles. The fourth-order valence-electron chi connectivity index (χ4n) is 1.27. The summed E-state index contributed by atoms with van der Waals surface area (Å²) in [4.78, 5) is 4.13. The van der Waals surface area contributed by atoms with Crippen molar-refractivity contribution in [3.05, 3.63) is 30.1 Å². The van der Waals surface area contributed by atoms with E-state index >= 15 is 0 Å². The Labute approximate surface area is 95.9 Å². The van der Waals surface area contributed by atoms with Gasteiger partial charge in [0.25, 0.3) is 0 Å². The highest BCUT2D eigenvalue weighted by atomic mass is 35.5. The van der Waals surface area contributed by atoms with Crippen molar-refractivity contribution in [2.45, 2.75) is 20.3 Å². The summed E-state index contributed by atoms with van der Waals surface area (Å²) >= 11 is 5.63. The molecule has 1 aromatic rings. The van der Waals surface area contributed by atoms with Crippen molar-refractivity contribution in [3.63, 3.8) is 0 Å². The van der Waals surface area contributed by atoms with Gasteiger partial charge in [-0.15, -0.1) is 11.6 Å². The lowest BCUT2D eigenvalue weighted by molar-refractivity contribution is 0.339. The zero-order chi connectivity index (χ0) is 11.1. The van der Waals surface area contributed by atoms with E-state index in [0.29, 0.717) is 12.5 Å². The van der Waals surface area contributed by atoms with Crippen LogP contribution in [0.4, 0.5) is 0 Å². The van der Waals surface area contributed by atoms with Crippen molar-refractivity contribution in [2.75, 3.05) is 12.5 Å². The third kappa shape index (κ3) is 3.92. The summed E-state index contributed by atoms with van der Waals surface area (Å²) in [6, 6.07) is 2.00. The smallest absolute Gasteiger partial charge is 0.138 e. The fourth-order valence-corrected chi connectivity index (χ4v) is 1.38. The Morgan fingerprint density at radius 2 is 2.33 bits per heavy atom. The van der Waals surface area contributed by atoms with Gasteiger partial charge in [0.1, 0.15) is 5.75 Å². The van der Waals surface area contributed by atoms with Crippen LogP contribution in [0, 0.1) is 0 Å². The van der Waals surface area contributed by atoms with E-state index in [4.69, 9.17) is 16.3 Å². The van der Waals surface area contributed by atoms with Crippen LogP contribution in [0.3, 0.4) is 0 Å². The summed E-state index contributed by atoms with van der Waals surface area (Å²) in [6.07, 6.45) is 6.55. The highest BCUT2D eigenvalue weighted by Gasteiger charge is 1.98. The van der Waals surface area contributed by atoms with Gasteiger partial charge in [0.2, 0.25) is 0 Å². The van der Waals surface area contributed by atoms with Gasteiger partial charge in [0.05, 0.1) is 12.8 Å². The van der Waals surface area contributed by atoms with E-state index in [9.17, 15) is 0 Å². The van der Waals surface area contributed by atoms with Crippen LogP contribution in [-0.2, 0) is 0 Å². The molecule has 15 heavy (non-hydrogen) atoms. The third-order valence-corrected chi connectivity index (χ3v) is 2.26. The van der Waals surface area contributed by atoms with Crippen molar-refractivity contribution >= 4 is 17.2 Å². The van der Waals surface area contributed by atoms with Crippen LogP contribution in [0.2, 0.25) is 0 Å². The number of ether oxygens (including phenoxy) is 1. The molecule has 0 unspecified atom stereocenters. The third-order valence-electron chi connectivity index (χ3n) is 2.04. The molecule has 0 N–H and O–H groups in total. The van der Waals surface area contributed by atoms with E-state index in [2.05, 4.69) is 18.0 Å². The maximum Gasteiger partial charge on any atom is 0.138 e. The van der Waals surface area contributed by atoms with E-state index in [1.807, 2.05) is 19.2 Å². The summed E-state index contributed by atoms with van der Waals surface area (Å²) in [5.41, 5.74) is 2.27. The molecule has 0 aliphatic heterocycles. The first-order valence-corrected chi connectivity index (χ1v) is 5.62. The molecule has 1 aromatic heterocycles. The van der Waals surface area contributed by atoms with E-state index in [0.717, 1.165) is 17.7 Å². The van der Waals surface area contributed by atoms with Gasteiger partial charge in [0.15, 0.2) is 0 Å². The molecule has 0 saturated carbocycles. The molecule has 0 aliphatic rings. The number of halogens is 1. The van der Waals surface area contributed by atoms with Gasteiger partial charge >= 0.3 is 0 Å². The zero-order valence-electron chi connectivity index (χ0n) is 9.16. The number of hydrogen-bond donors (Lipinski definition) is 0. The van der Waals surface area contributed by atoms with Crippen molar-refractivity contribution in [1.29, 1.82) is 0 Å². The minimum absolute atomic E-state index is 0.649. The molecule has 0 bridgehead atoms. The average molecular weight is 226 g/mol. The zero-order valence-corrected chi connectivity index (χ0v) is 9.92. The van der Waals surface area contributed by atoms with Crippen LogP contribution in [-0.4, -0.2) is 17.5 Å². The van der Waals surface area contributed by atoms with Crippen LogP contribution in [0.25, 0.3) is 5.57 Å². The molecule has 3 heteroatoms. The summed E-state index contributed by atoms with van der Waals surface area (Å²) in [6.45, 7) is 4.68. The minimum atomic E-state index is 0.649. The Balaban J connectivity index is 2.80. The molecular formula is C12H16ClNO. The summed E-state index contributed by atoms with van der Waals surface area (Å²) in [5, 5.41) is 0. The highest BCUT2D eigenvalue weighted by molar-refractivity contribution is 6.17. The van der Waals surface area contributed by atoms with Crippen LogP contribution in [0.5, 0.6) is 5.75 Å². The number of aromatic nitrogens is 1. The van der Waals surface area contributed by atoms with Gasteiger partial charge in [-0.05, 0) is 37.5 Å². The van der Waals surface area contributed by atoms with Gasteiger partial charge in [-0.1, -0.05) is 6.08 Å². The van der Waals surface area contributed by atoms with Gasteiger partial charge in [0, 0.05) is 12.1 Å². The van der Waals surface area contributed by atoms with Crippen molar-refractivity contribution in [1.82, 2.24) is 4.98 Å². The first-order valence-electron chi connectivity index (χ1n) is 5.09. The van der Waals surface area contributed by atoms with E-state index < -0.39 is 0 Å². The van der Waals surface area contributed by atoms with Gasteiger partial charge in [-0.3, -0.25) is 4.98 Å². The van der Waals surface area contributed by atoms with Crippen molar-refractivity contribution < 1.29 is 4.74 Å². The largest absolute Gasteiger partial charge is 0.492 e. The maximum atomic E-state index is 5.63. The monoisotopic (exact) mass is 225 g/mol. The van der Waals surface area contributed by atoms with Gasteiger partial charge < -0.3 is 4.74 Å². The minimum Gasteiger partial charge on any atom is -0.492 e. The molecule has 0 fully saturated rings. The molecule has 0 spiro atoms. The second-order valence-electron chi connectivity index (χ2n) is 3.21. The van der Waals surface area contributed by atoms with E-state index in [1.54, 1.807) is 6.20 Å². The summed E-state index contributed by atoms with van der Waals surface area (Å²) < 4.78 is 5.39. The second-order valence-corrected chi connectivity index (χ2v) is 3.59. The lowest BCUT2D eigenvalue weighted by atomic mass is 10.1. The van der Waals surface area contributed by atoms with Crippen LogP contribution < -0.4 is 4.74 Å². The first kappa shape index (κ1) is 12.1. The number of rotatable bonds is 5. The fraction of sp³-hybridized carbons (Fsp3) is 0.417. The van der Waals surface area contributed by atoms with Crippen LogP contribution >= 0.6 is 11.6 Å². The van der Waals surface area contributed by atoms with E-state index in [1.165, 1.54) is 5.57 Å². The Morgan fingerprint density at radius 3 is 3.00 bits per heavy atom. The molecular weight excluding hydrogens is 210 g/mol. The van der Waals surface area contributed by atoms with Crippen LogP contribution in [0.1, 0.15) is 25.8 Å². The number of pyridine rings is 1. The molecule has 0 aromatic carbocycles. The quantitative estimate of drug-likeness (QED) is 0.716. The molecule has 0 amide bonds. The van der Waals surface area contributed by atoms with Crippen molar-refractivity contribution in [3.8, 4) is 5.75 Å². The number of hydrogen-bond acceptors (Lipinski definition) is 2. The lowest BCUT2D eigenvalue weighted by Crippen LogP contribution is -1.93. The van der Waals surface area contributed by atoms with Gasteiger partial charge in [-0.25, -0.2) is 0 Å². The van der Waals surface area contributed by atoms with Gasteiger partial charge in [-0.2, -0.15) is 0 Å². The molecule has 0 saturated heterocycles. The highest BCUT2D eigenvalue weighted by Crippen LogP contribution is 2.18. The number of alkyl halides is 1. The normalized spacial score (nSPS) is 11.5. The van der Waals surface area contributed by atoms with Crippen LogP contribution in [0.15, 0.2) is 24.5 Å².